The van der Waals surface area contributed by atoms with Crippen LogP contribution < -0.4 is 15.4 Å². The van der Waals surface area contributed by atoms with Crippen molar-refractivity contribution in [1.82, 2.24) is 4.98 Å². The molecule has 0 fully saturated rings. The molecule has 5 aromatic rings. The molecule has 0 saturated heterocycles. The lowest BCUT2D eigenvalue weighted by molar-refractivity contribution is -0.115. The van der Waals surface area contributed by atoms with E-state index in [1.165, 1.54) is 29.2 Å². The van der Waals surface area contributed by atoms with E-state index in [1.54, 1.807) is 31.4 Å². The van der Waals surface area contributed by atoms with Crippen molar-refractivity contribution in [2.24, 2.45) is 0 Å². The maximum absolute atomic E-state index is 13.6. The zero-order valence-electron chi connectivity index (χ0n) is 23.6. The molecule has 1 heterocycles. The summed E-state index contributed by atoms with van der Waals surface area (Å²) in [6.45, 7) is 0. The van der Waals surface area contributed by atoms with Crippen molar-refractivity contribution in [2.75, 3.05) is 17.7 Å². The quantitative estimate of drug-likeness (QED) is 0.113. The van der Waals surface area contributed by atoms with Gasteiger partial charge in [-0.25, -0.2) is 14.6 Å². The number of nitrogens with one attached hydrogen (secondary N) is 2. The van der Waals surface area contributed by atoms with E-state index in [-0.39, 0.29) is 17.0 Å². The van der Waals surface area contributed by atoms with E-state index < -0.39 is 28.7 Å². The van der Waals surface area contributed by atoms with Gasteiger partial charge in [-0.05, 0) is 60.2 Å². The van der Waals surface area contributed by atoms with Crippen LogP contribution in [0.15, 0.2) is 107 Å². The van der Waals surface area contributed by atoms with Crippen LogP contribution in [-0.4, -0.2) is 46.1 Å². The summed E-state index contributed by atoms with van der Waals surface area (Å²) in [6, 6.07) is 26.8. The van der Waals surface area contributed by atoms with Crippen LogP contribution in [0, 0.1) is 0 Å². The molecule has 0 bridgehead atoms. The second-order valence-electron chi connectivity index (χ2n) is 9.52. The fourth-order valence-corrected chi connectivity index (χ4v) is 6.07. The van der Waals surface area contributed by atoms with Gasteiger partial charge in [0.1, 0.15) is 11.0 Å². The average molecular weight is 640 g/mol. The lowest BCUT2D eigenvalue weighted by atomic mass is 10.0. The molecule has 0 aliphatic heterocycles. The van der Waals surface area contributed by atoms with Gasteiger partial charge < -0.3 is 25.6 Å². The highest BCUT2D eigenvalue weighted by Crippen LogP contribution is 2.37. The first kappa shape index (κ1) is 31.0. The number of carbonyl (C=O) groups is 4. The number of hydrogen-bond acceptors (Lipinski definition) is 8. The Hall–Kier alpha value is -5.46. The van der Waals surface area contributed by atoms with Crippen molar-refractivity contribution < 1.29 is 34.1 Å². The van der Waals surface area contributed by atoms with Gasteiger partial charge in [0, 0.05) is 21.5 Å². The number of amides is 2. The van der Waals surface area contributed by atoms with Crippen LogP contribution in [0.2, 0.25) is 0 Å². The predicted octanol–water partition coefficient (Wildman–Crippen LogP) is 6.94. The minimum atomic E-state index is -1.42. The number of hydrogen-bond donors (Lipinski definition) is 4. The van der Waals surface area contributed by atoms with Crippen molar-refractivity contribution in [3.05, 3.63) is 125 Å². The molecule has 1 unspecified atom stereocenters. The summed E-state index contributed by atoms with van der Waals surface area (Å²) >= 11 is 2.63. The summed E-state index contributed by atoms with van der Waals surface area (Å²) in [5.74, 6) is -2.99. The van der Waals surface area contributed by atoms with Gasteiger partial charge in [-0.2, -0.15) is 0 Å². The summed E-state index contributed by atoms with van der Waals surface area (Å²) in [4.78, 5) is 54.6. The molecule has 2 amide bonds. The minimum absolute atomic E-state index is 0.177. The molecule has 0 radical (unpaired) electrons. The number of aromatic carboxylic acids is 2. The monoisotopic (exact) mass is 639 g/mol. The van der Waals surface area contributed by atoms with Gasteiger partial charge in [0.15, 0.2) is 5.13 Å². The zero-order valence-corrected chi connectivity index (χ0v) is 25.2. The zero-order chi connectivity index (χ0) is 31.9. The summed E-state index contributed by atoms with van der Waals surface area (Å²) in [5.41, 5.74) is 1.91. The summed E-state index contributed by atoms with van der Waals surface area (Å²) in [6.07, 6.45) is 0. The molecule has 0 spiro atoms. The fourth-order valence-electron chi connectivity index (χ4n) is 4.32. The molecular formula is C33H25N3O7S2. The van der Waals surface area contributed by atoms with E-state index in [2.05, 4.69) is 15.6 Å². The summed E-state index contributed by atoms with van der Waals surface area (Å²) in [7, 11) is 1.60. The molecular weight excluding hydrogens is 615 g/mol. The predicted molar refractivity (Wildman–Crippen MR) is 173 cm³/mol. The lowest BCUT2D eigenvalue weighted by Crippen LogP contribution is -2.19. The van der Waals surface area contributed by atoms with Gasteiger partial charge in [0.2, 0.25) is 5.91 Å². The highest BCUT2D eigenvalue weighted by Gasteiger charge is 2.24. The van der Waals surface area contributed by atoms with Crippen LogP contribution in [0.25, 0.3) is 11.3 Å². The molecule has 4 aromatic carbocycles. The smallest absolute Gasteiger partial charge is 0.336 e. The second-order valence-corrected chi connectivity index (χ2v) is 11.6. The van der Waals surface area contributed by atoms with E-state index in [1.807, 2.05) is 60.0 Å². The number of carboxylic acid groups (broad SMARTS) is 2. The second kappa shape index (κ2) is 13.9. The number of rotatable bonds is 11. The Morgan fingerprint density at radius 3 is 2.27 bits per heavy atom. The molecule has 0 saturated carbocycles. The Balaban J connectivity index is 1.30. The van der Waals surface area contributed by atoms with Crippen LogP contribution in [0.4, 0.5) is 10.8 Å². The van der Waals surface area contributed by atoms with Crippen molar-refractivity contribution in [2.45, 2.75) is 10.1 Å². The first-order chi connectivity index (χ1) is 21.7. The third-order valence-corrected chi connectivity index (χ3v) is 8.57. The Morgan fingerprint density at radius 2 is 1.58 bits per heavy atom. The van der Waals surface area contributed by atoms with Crippen LogP contribution >= 0.6 is 23.1 Å². The van der Waals surface area contributed by atoms with E-state index >= 15 is 0 Å². The van der Waals surface area contributed by atoms with Crippen molar-refractivity contribution in [3.8, 4) is 17.0 Å². The third-order valence-electron chi connectivity index (χ3n) is 6.55. The third kappa shape index (κ3) is 7.55. The van der Waals surface area contributed by atoms with Crippen LogP contribution in [0.3, 0.4) is 0 Å². The van der Waals surface area contributed by atoms with Crippen LogP contribution in [-0.2, 0) is 4.79 Å². The lowest BCUT2D eigenvalue weighted by Gasteiger charge is -2.16. The number of benzene rings is 4. The van der Waals surface area contributed by atoms with Crippen molar-refractivity contribution >= 4 is 57.7 Å². The maximum atomic E-state index is 13.6. The first-order valence-corrected chi connectivity index (χ1v) is 15.1. The number of carbonyl (C=O) groups excluding carboxylic acids is 2. The number of aromatic nitrogens is 1. The van der Waals surface area contributed by atoms with E-state index in [4.69, 9.17) is 9.84 Å². The molecule has 226 valence electrons. The Kier molecular flexibility index (Phi) is 9.56. The molecule has 1 atom stereocenters. The van der Waals surface area contributed by atoms with E-state index in [0.717, 1.165) is 28.2 Å². The average Bonchev–Trinajstić information content (AvgIpc) is 3.52. The molecule has 10 nitrogen and oxygen atoms in total. The van der Waals surface area contributed by atoms with Gasteiger partial charge in [-0.1, -0.05) is 42.5 Å². The van der Waals surface area contributed by atoms with Gasteiger partial charge in [-0.15, -0.1) is 23.1 Å². The number of methoxy groups -OCH3 is 1. The maximum Gasteiger partial charge on any atom is 0.336 e. The minimum Gasteiger partial charge on any atom is -0.497 e. The molecule has 0 aliphatic carbocycles. The molecule has 5 rings (SSSR count). The molecule has 12 heteroatoms. The van der Waals surface area contributed by atoms with Crippen molar-refractivity contribution in [1.29, 1.82) is 0 Å². The SMILES string of the molecule is COc1cccc(-c2csc(NC(=O)C(Sc3ccc(NC(=O)c4ccc(C(=O)O)cc4C(=O)O)cc3)c3ccccc3)n2)c1. The first-order valence-electron chi connectivity index (χ1n) is 13.4. The largest absolute Gasteiger partial charge is 0.497 e. The number of anilines is 2. The number of thiazole rings is 1. The van der Waals surface area contributed by atoms with Crippen molar-refractivity contribution in [3.63, 3.8) is 0 Å². The van der Waals surface area contributed by atoms with E-state index in [0.29, 0.717) is 22.3 Å². The number of nitrogens with zero attached hydrogens (tertiary/aromatic N) is 1. The molecule has 1 aromatic heterocycles. The molecule has 45 heavy (non-hydrogen) atoms. The molecule has 4 N–H and O–H groups in total. The topological polar surface area (TPSA) is 155 Å². The Morgan fingerprint density at radius 1 is 0.822 bits per heavy atom. The Bertz CT molecular complexity index is 1880. The van der Waals surface area contributed by atoms with E-state index in [9.17, 15) is 24.3 Å². The highest BCUT2D eigenvalue weighted by molar-refractivity contribution is 8.00. The van der Waals surface area contributed by atoms with Crippen LogP contribution in [0.5, 0.6) is 5.75 Å². The highest BCUT2D eigenvalue weighted by atomic mass is 32.2. The van der Waals surface area contributed by atoms with Gasteiger partial charge in [-0.3, -0.25) is 9.59 Å². The number of thioether (sulfide) groups is 1. The van der Waals surface area contributed by atoms with Gasteiger partial charge in [0.05, 0.1) is 29.5 Å². The normalized spacial score (nSPS) is 11.3. The Labute approximate surface area is 265 Å². The fraction of sp³-hybridized carbons (Fsp3) is 0.0606. The standard InChI is InChI=1S/C33H25N3O7S2/c1-43-23-9-5-8-20(16-23)27-18-44-33(35-27)36-30(38)28(19-6-3-2-4-7-19)45-24-13-11-22(12-14-24)34-29(37)25-15-10-21(31(39)40)17-26(25)32(41)42/h2-18,28H,1H3,(H,34,37)(H,39,40)(H,41,42)(H,35,36,38). The molecule has 0 aliphatic rings. The number of carboxylic acids is 2. The van der Waals surface area contributed by atoms with Gasteiger partial charge >= 0.3 is 11.9 Å². The summed E-state index contributed by atoms with van der Waals surface area (Å²) in [5, 5.41) is 25.9. The van der Waals surface area contributed by atoms with Gasteiger partial charge in [0.25, 0.3) is 5.91 Å². The number of ether oxygens (including phenoxy) is 1. The van der Waals surface area contributed by atoms with Crippen LogP contribution in [0.1, 0.15) is 41.9 Å². The summed E-state index contributed by atoms with van der Waals surface area (Å²) < 4.78 is 5.30.